The summed E-state index contributed by atoms with van der Waals surface area (Å²) in [6, 6.07) is 4.11. The number of phenolic OH excluding ortho intramolecular Hbond substituents is 1. The highest BCUT2D eigenvalue weighted by molar-refractivity contribution is 5.48. The standard InChI is InChI=1S/C9H9NO5/c1-14-9-8(15-9)5-2-3-6(10(12)13)7(11)4-5/h2-4,8-9,11H,1H3. The van der Waals surface area contributed by atoms with Crippen molar-refractivity contribution in [2.45, 2.75) is 12.4 Å². The van der Waals surface area contributed by atoms with Crippen LogP contribution in [0.15, 0.2) is 18.2 Å². The maximum atomic E-state index is 10.4. The van der Waals surface area contributed by atoms with Crippen LogP contribution in [-0.2, 0) is 9.47 Å². The van der Waals surface area contributed by atoms with Gasteiger partial charge in [-0.2, -0.15) is 0 Å². The normalized spacial score (nSPS) is 23.8. The summed E-state index contributed by atoms with van der Waals surface area (Å²) in [5.74, 6) is -0.358. The van der Waals surface area contributed by atoms with E-state index in [0.717, 1.165) is 0 Å². The molecule has 0 saturated carbocycles. The van der Waals surface area contributed by atoms with E-state index in [2.05, 4.69) is 0 Å². The summed E-state index contributed by atoms with van der Waals surface area (Å²) in [6.07, 6.45) is -0.549. The number of phenols is 1. The van der Waals surface area contributed by atoms with E-state index in [9.17, 15) is 15.2 Å². The van der Waals surface area contributed by atoms with Crippen LogP contribution in [0.3, 0.4) is 0 Å². The molecule has 1 aliphatic heterocycles. The molecule has 6 nitrogen and oxygen atoms in total. The summed E-state index contributed by atoms with van der Waals surface area (Å²) >= 11 is 0. The fourth-order valence-corrected chi connectivity index (χ4v) is 1.39. The molecule has 15 heavy (non-hydrogen) atoms. The van der Waals surface area contributed by atoms with Gasteiger partial charge in [0.2, 0.25) is 0 Å². The second-order valence-corrected chi connectivity index (χ2v) is 3.17. The Labute approximate surface area is 85.2 Å². The third-order valence-corrected chi connectivity index (χ3v) is 2.21. The number of methoxy groups -OCH3 is 1. The highest BCUT2D eigenvalue weighted by atomic mass is 16.8. The molecule has 0 aromatic heterocycles. The first-order valence-corrected chi connectivity index (χ1v) is 4.29. The average Bonchev–Trinajstić information content (AvgIpc) is 2.95. The van der Waals surface area contributed by atoms with Crippen molar-refractivity contribution in [3.63, 3.8) is 0 Å². The van der Waals surface area contributed by atoms with Gasteiger partial charge in [0, 0.05) is 13.2 Å². The largest absolute Gasteiger partial charge is 0.502 e. The Bertz CT molecular complexity index is 405. The first kappa shape index (κ1) is 9.88. The Balaban J connectivity index is 2.23. The van der Waals surface area contributed by atoms with Crippen LogP contribution < -0.4 is 0 Å². The first-order valence-electron chi connectivity index (χ1n) is 4.29. The van der Waals surface area contributed by atoms with Crippen LogP contribution in [0.4, 0.5) is 5.69 Å². The van der Waals surface area contributed by atoms with Crippen molar-refractivity contribution < 1.29 is 19.5 Å². The van der Waals surface area contributed by atoms with Gasteiger partial charge in [0.25, 0.3) is 0 Å². The molecule has 0 aliphatic carbocycles. The fraction of sp³-hybridized carbons (Fsp3) is 0.333. The van der Waals surface area contributed by atoms with Gasteiger partial charge in [0.1, 0.15) is 6.10 Å². The van der Waals surface area contributed by atoms with Crippen molar-refractivity contribution in [3.05, 3.63) is 33.9 Å². The van der Waals surface area contributed by atoms with Crippen LogP contribution in [-0.4, -0.2) is 23.4 Å². The molecule has 1 saturated heterocycles. The summed E-state index contributed by atoms with van der Waals surface area (Å²) in [7, 11) is 1.51. The van der Waals surface area contributed by atoms with Crippen LogP contribution in [0.2, 0.25) is 0 Å². The molecule has 1 aliphatic rings. The fourth-order valence-electron chi connectivity index (χ4n) is 1.39. The minimum atomic E-state index is -0.638. The van der Waals surface area contributed by atoms with Crippen LogP contribution in [0.1, 0.15) is 11.7 Å². The topological polar surface area (TPSA) is 85.1 Å². The number of epoxide rings is 1. The number of hydrogen-bond donors (Lipinski definition) is 1. The molecule has 6 heteroatoms. The molecule has 0 amide bonds. The Hall–Kier alpha value is -1.66. The highest BCUT2D eigenvalue weighted by Gasteiger charge is 2.41. The molecule has 80 valence electrons. The van der Waals surface area contributed by atoms with Crippen molar-refractivity contribution in [1.82, 2.24) is 0 Å². The number of rotatable bonds is 3. The van der Waals surface area contributed by atoms with Gasteiger partial charge >= 0.3 is 5.69 Å². The lowest BCUT2D eigenvalue weighted by Gasteiger charge is -1.98. The van der Waals surface area contributed by atoms with Gasteiger partial charge in [0.15, 0.2) is 12.0 Å². The van der Waals surface area contributed by atoms with Crippen LogP contribution in [0, 0.1) is 10.1 Å². The molecule has 1 aromatic carbocycles. The maximum Gasteiger partial charge on any atom is 0.310 e. The second kappa shape index (κ2) is 3.48. The summed E-state index contributed by atoms with van der Waals surface area (Å²) < 4.78 is 10.0. The van der Waals surface area contributed by atoms with Gasteiger partial charge in [-0.05, 0) is 17.7 Å². The Kier molecular flexibility index (Phi) is 2.29. The van der Waals surface area contributed by atoms with Crippen LogP contribution >= 0.6 is 0 Å². The predicted molar refractivity (Wildman–Crippen MR) is 49.4 cm³/mol. The first-order chi connectivity index (χ1) is 7.13. The number of benzene rings is 1. The minimum Gasteiger partial charge on any atom is -0.502 e. The summed E-state index contributed by atoms with van der Waals surface area (Å²) in [4.78, 5) is 9.79. The lowest BCUT2D eigenvalue weighted by Crippen LogP contribution is -1.93. The smallest absolute Gasteiger partial charge is 0.310 e. The molecule has 1 aromatic rings. The molecule has 0 spiro atoms. The van der Waals surface area contributed by atoms with Crippen LogP contribution in [0.25, 0.3) is 0 Å². The zero-order valence-corrected chi connectivity index (χ0v) is 7.91. The minimum absolute atomic E-state index is 0.235. The molecule has 2 rings (SSSR count). The molecule has 1 N–H and O–H groups in total. The third kappa shape index (κ3) is 1.77. The summed E-state index contributed by atoms with van der Waals surface area (Å²) in [5.41, 5.74) is 0.360. The Morgan fingerprint density at radius 1 is 1.60 bits per heavy atom. The van der Waals surface area contributed by atoms with Gasteiger partial charge in [0.05, 0.1) is 4.92 Å². The quantitative estimate of drug-likeness (QED) is 0.463. The molecule has 0 radical (unpaired) electrons. The molecule has 2 unspecified atom stereocenters. The maximum absolute atomic E-state index is 10.4. The Morgan fingerprint density at radius 2 is 2.33 bits per heavy atom. The van der Waals surface area contributed by atoms with Gasteiger partial charge in [-0.3, -0.25) is 10.1 Å². The van der Waals surface area contributed by atoms with E-state index in [1.807, 2.05) is 0 Å². The molecular weight excluding hydrogens is 202 g/mol. The van der Waals surface area contributed by atoms with E-state index in [1.54, 1.807) is 6.07 Å². The zero-order chi connectivity index (χ0) is 11.0. The number of nitrogens with zero attached hydrogens (tertiary/aromatic N) is 1. The predicted octanol–water partition coefficient (Wildman–Crippen LogP) is 1.34. The summed E-state index contributed by atoms with van der Waals surface area (Å²) in [6.45, 7) is 0. The lowest BCUT2D eigenvalue weighted by atomic mass is 10.1. The van der Waals surface area contributed by atoms with E-state index in [4.69, 9.17) is 9.47 Å². The third-order valence-electron chi connectivity index (χ3n) is 2.21. The van der Waals surface area contributed by atoms with Crippen molar-refractivity contribution in [3.8, 4) is 5.75 Å². The highest BCUT2D eigenvalue weighted by Crippen LogP contribution is 2.41. The molecule has 1 heterocycles. The Morgan fingerprint density at radius 3 is 2.80 bits per heavy atom. The number of aromatic hydroxyl groups is 1. The number of nitro groups is 1. The average molecular weight is 211 g/mol. The second-order valence-electron chi connectivity index (χ2n) is 3.17. The lowest BCUT2D eigenvalue weighted by molar-refractivity contribution is -0.385. The SMILES string of the molecule is COC1OC1c1ccc([N+](=O)[O-])c(O)c1. The van der Waals surface area contributed by atoms with Crippen molar-refractivity contribution in [1.29, 1.82) is 0 Å². The van der Waals surface area contributed by atoms with Gasteiger partial charge < -0.3 is 14.6 Å². The van der Waals surface area contributed by atoms with E-state index in [0.29, 0.717) is 5.56 Å². The van der Waals surface area contributed by atoms with E-state index in [1.165, 1.54) is 19.2 Å². The van der Waals surface area contributed by atoms with E-state index < -0.39 is 4.92 Å². The van der Waals surface area contributed by atoms with Gasteiger partial charge in [-0.15, -0.1) is 0 Å². The number of ether oxygens (including phenoxy) is 2. The molecule has 1 fully saturated rings. The van der Waals surface area contributed by atoms with Crippen molar-refractivity contribution in [2.75, 3.05) is 7.11 Å². The van der Waals surface area contributed by atoms with E-state index in [-0.39, 0.29) is 23.8 Å². The monoisotopic (exact) mass is 211 g/mol. The number of nitro benzene ring substituents is 1. The van der Waals surface area contributed by atoms with E-state index >= 15 is 0 Å². The molecular formula is C9H9NO5. The molecule has 0 bridgehead atoms. The van der Waals surface area contributed by atoms with Crippen LogP contribution in [0.5, 0.6) is 5.75 Å². The molecule has 2 atom stereocenters. The van der Waals surface area contributed by atoms with Crippen molar-refractivity contribution >= 4 is 5.69 Å². The zero-order valence-electron chi connectivity index (χ0n) is 7.91. The summed E-state index contributed by atoms with van der Waals surface area (Å²) in [5, 5.41) is 19.8. The number of hydrogen-bond acceptors (Lipinski definition) is 5. The van der Waals surface area contributed by atoms with Gasteiger partial charge in [-0.1, -0.05) is 0 Å². The van der Waals surface area contributed by atoms with Crippen molar-refractivity contribution in [2.24, 2.45) is 0 Å². The van der Waals surface area contributed by atoms with Gasteiger partial charge in [-0.25, -0.2) is 0 Å².